The Labute approximate surface area is 169 Å². The average molecular weight is 407 g/mol. The first-order chi connectivity index (χ1) is 13.1. The fourth-order valence-corrected chi connectivity index (χ4v) is 2.55. The van der Waals surface area contributed by atoms with E-state index >= 15 is 0 Å². The Bertz CT molecular complexity index is 878. The summed E-state index contributed by atoms with van der Waals surface area (Å²) in [6.07, 6.45) is -0.527. The molecule has 0 fully saturated rings. The fraction of sp³-hybridized carbons (Fsp3) is 0.333. The number of ether oxygens (including phenoxy) is 2. The first kappa shape index (κ1) is 21.7. The normalized spacial score (nSPS) is 11.1. The quantitative estimate of drug-likeness (QED) is 0.637. The Morgan fingerprint density at radius 2 is 2.00 bits per heavy atom. The van der Waals surface area contributed by atoms with Crippen molar-refractivity contribution < 1.29 is 18.7 Å². The van der Waals surface area contributed by atoms with Crippen LogP contribution in [0.1, 0.15) is 39.0 Å². The van der Waals surface area contributed by atoms with Crippen LogP contribution in [0.4, 0.5) is 9.18 Å². The topological polar surface area (TPSA) is 60.5 Å². The molecule has 0 saturated heterocycles. The van der Waals surface area contributed by atoms with Crippen molar-refractivity contribution in [3.63, 3.8) is 0 Å². The molecule has 0 atom stereocenters. The second-order valence-corrected chi connectivity index (χ2v) is 7.49. The van der Waals surface area contributed by atoms with Gasteiger partial charge in [0.05, 0.1) is 17.3 Å². The van der Waals surface area contributed by atoms with E-state index in [0.717, 1.165) is 5.56 Å². The Kier molecular flexibility index (Phi) is 7.02. The number of carbonyl (C=O) groups excluding carboxylic acids is 1. The van der Waals surface area contributed by atoms with Gasteiger partial charge in [-0.15, -0.1) is 0 Å². The lowest BCUT2D eigenvalue weighted by Gasteiger charge is -2.20. The maximum absolute atomic E-state index is 13.5. The minimum Gasteiger partial charge on any atom is -0.492 e. The van der Waals surface area contributed by atoms with Gasteiger partial charge in [0.1, 0.15) is 22.9 Å². The number of amides is 1. The number of pyridine rings is 1. The molecule has 0 aliphatic heterocycles. The molecule has 0 saturated carbocycles. The van der Waals surface area contributed by atoms with Crippen LogP contribution in [0.25, 0.3) is 17.0 Å². The molecule has 150 valence electrons. The van der Waals surface area contributed by atoms with Crippen molar-refractivity contribution >= 4 is 23.5 Å². The number of benzene rings is 1. The Morgan fingerprint density at radius 3 is 2.61 bits per heavy atom. The lowest BCUT2D eigenvalue weighted by molar-refractivity contribution is 0.0523. The highest BCUT2D eigenvalue weighted by Crippen LogP contribution is 2.26. The maximum atomic E-state index is 13.5. The molecule has 0 unspecified atom stereocenters. The molecule has 0 aliphatic rings. The minimum absolute atomic E-state index is 0.00164. The molecule has 1 heterocycles. The van der Waals surface area contributed by atoms with Gasteiger partial charge in [-0.2, -0.15) is 0 Å². The van der Waals surface area contributed by atoms with Gasteiger partial charge in [-0.05, 0) is 63.6 Å². The van der Waals surface area contributed by atoms with E-state index in [-0.39, 0.29) is 11.6 Å². The minimum atomic E-state index is -0.591. The highest BCUT2D eigenvalue weighted by Gasteiger charge is 2.16. The summed E-state index contributed by atoms with van der Waals surface area (Å²) in [5, 5.41) is 2.71. The van der Waals surface area contributed by atoms with Crippen LogP contribution >= 0.6 is 11.6 Å². The SMILES string of the molecule is C=C(OCC)c1cc(CNC(=O)OC(C)(C)C)cc(-c2ccc(F)c(Cl)c2)n1. The first-order valence-electron chi connectivity index (χ1n) is 8.84. The third-order valence-corrected chi connectivity index (χ3v) is 3.83. The van der Waals surface area contributed by atoms with Crippen molar-refractivity contribution in [3.8, 4) is 11.3 Å². The highest BCUT2D eigenvalue weighted by atomic mass is 35.5. The number of alkyl carbamates (subject to hydrolysis) is 1. The molecule has 5 nitrogen and oxygen atoms in total. The van der Waals surface area contributed by atoms with Gasteiger partial charge in [0.15, 0.2) is 0 Å². The lowest BCUT2D eigenvalue weighted by atomic mass is 10.1. The summed E-state index contributed by atoms with van der Waals surface area (Å²) in [5.74, 6) is -0.108. The summed E-state index contributed by atoms with van der Waals surface area (Å²) in [5.41, 5.74) is 1.87. The predicted molar refractivity (Wildman–Crippen MR) is 108 cm³/mol. The van der Waals surface area contributed by atoms with Gasteiger partial charge in [0.2, 0.25) is 0 Å². The molecule has 2 aromatic rings. The van der Waals surface area contributed by atoms with Gasteiger partial charge in [0, 0.05) is 12.1 Å². The lowest BCUT2D eigenvalue weighted by Crippen LogP contribution is -2.32. The smallest absolute Gasteiger partial charge is 0.407 e. The summed E-state index contributed by atoms with van der Waals surface area (Å²) in [4.78, 5) is 16.5. The number of rotatable bonds is 6. The molecule has 1 aromatic heterocycles. The second kappa shape index (κ2) is 9.06. The van der Waals surface area contributed by atoms with E-state index < -0.39 is 17.5 Å². The van der Waals surface area contributed by atoms with E-state index in [1.165, 1.54) is 12.1 Å². The number of hydrogen-bond donors (Lipinski definition) is 1. The van der Waals surface area contributed by atoms with Crippen molar-refractivity contribution in [1.29, 1.82) is 0 Å². The maximum Gasteiger partial charge on any atom is 0.407 e. The van der Waals surface area contributed by atoms with E-state index in [2.05, 4.69) is 16.9 Å². The van der Waals surface area contributed by atoms with Crippen molar-refractivity contribution in [2.75, 3.05) is 6.61 Å². The van der Waals surface area contributed by atoms with Gasteiger partial charge < -0.3 is 14.8 Å². The predicted octanol–water partition coefficient (Wildman–Crippen LogP) is 5.57. The van der Waals surface area contributed by atoms with E-state index in [1.807, 2.05) is 6.92 Å². The third kappa shape index (κ3) is 6.23. The average Bonchev–Trinajstić information content (AvgIpc) is 2.61. The zero-order valence-corrected chi connectivity index (χ0v) is 17.2. The Balaban J connectivity index is 2.33. The van der Waals surface area contributed by atoms with E-state index in [0.29, 0.717) is 29.3 Å². The fourth-order valence-electron chi connectivity index (χ4n) is 2.37. The number of nitrogens with one attached hydrogen (secondary N) is 1. The summed E-state index contributed by atoms with van der Waals surface area (Å²) in [6, 6.07) is 7.91. The number of hydrogen-bond acceptors (Lipinski definition) is 4. The molecule has 0 bridgehead atoms. The molecular formula is C21H24ClFN2O3. The van der Waals surface area contributed by atoms with Gasteiger partial charge in [-0.1, -0.05) is 18.2 Å². The molecule has 0 spiro atoms. The molecule has 2 rings (SSSR count). The summed E-state index contributed by atoms with van der Waals surface area (Å²) < 4.78 is 24.2. The van der Waals surface area contributed by atoms with Crippen LogP contribution in [0.15, 0.2) is 36.9 Å². The number of nitrogens with zero attached hydrogens (tertiary/aromatic N) is 1. The molecule has 7 heteroatoms. The van der Waals surface area contributed by atoms with Gasteiger partial charge in [-0.25, -0.2) is 14.2 Å². The second-order valence-electron chi connectivity index (χ2n) is 7.09. The van der Waals surface area contributed by atoms with Crippen LogP contribution < -0.4 is 5.32 Å². The molecule has 0 aliphatic carbocycles. The van der Waals surface area contributed by atoms with Crippen LogP contribution in [0.3, 0.4) is 0 Å². The van der Waals surface area contributed by atoms with Crippen molar-refractivity contribution in [1.82, 2.24) is 10.3 Å². The van der Waals surface area contributed by atoms with Crippen LogP contribution in [0.5, 0.6) is 0 Å². The zero-order chi connectivity index (χ0) is 20.9. The van der Waals surface area contributed by atoms with Gasteiger partial charge in [-0.3, -0.25) is 0 Å². The number of halogens is 2. The number of aromatic nitrogens is 1. The summed E-state index contributed by atoms with van der Waals surface area (Å²) in [6.45, 7) is 11.8. The highest BCUT2D eigenvalue weighted by molar-refractivity contribution is 6.31. The summed E-state index contributed by atoms with van der Waals surface area (Å²) in [7, 11) is 0. The molecule has 0 radical (unpaired) electrons. The van der Waals surface area contributed by atoms with E-state index in [4.69, 9.17) is 21.1 Å². The van der Waals surface area contributed by atoms with Crippen LogP contribution in [0, 0.1) is 5.82 Å². The van der Waals surface area contributed by atoms with Crippen molar-refractivity contribution in [2.45, 2.75) is 39.8 Å². The van der Waals surface area contributed by atoms with Gasteiger partial charge in [0.25, 0.3) is 0 Å². The van der Waals surface area contributed by atoms with E-state index in [9.17, 15) is 9.18 Å². The molecule has 1 aromatic carbocycles. The van der Waals surface area contributed by atoms with Crippen molar-refractivity contribution in [2.24, 2.45) is 0 Å². The standard InChI is InChI=1S/C21H24ClFN2O3/c1-6-27-13(2)18-9-14(12-24-20(26)28-21(3,4)5)10-19(25-18)15-7-8-17(23)16(22)11-15/h7-11H,2,6,12H2,1,3-5H3,(H,24,26). The molecule has 1 N–H and O–H groups in total. The van der Waals surface area contributed by atoms with Crippen LogP contribution in [-0.2, 0) is 16.0 Å². The van der Waals surface area contributed by atoms with E-state index in [1.54, 1.807) is 39.0 Å². The van der Waals surface area contributed by atoms with Crippen LogP contribution in [0.2, 0.25) is 5.02 Å². The van der Waals surface area contributed by atoms with Crippen LogP contribution in [-0.4, -0.2) is 23.3 Å². The molecule has 28 heavy (non-hydrogen) atoms. The zero-order valence-electron chi connectivity index (χ0n) is 16.4. The largest absolute Gasteiger partial charge is 0.492 e. The molecule has 1 amide bonds. The van der Waals surface area contributed by atoms with Gasteiger partial charge >= 0.3 is 6.09 Å². The monoisotopic (exact) mass is 406 g/mol. The Hall–Kier alpha value is -2.60. The molecular weight excluding hydrogens is 383 g/mol. The third-order valence-electron chi connectivity index (χ3n) is 3.54. The Morgan fingerprint density at radius 1 is 1.29 bits per heavy atom. The number of carbonyl (C=O) groups is 1. The summed E-state index contributed by atoms with van der Waals surface area (Å²) >= 11 is 5.90. The first-order valence-corrected chi connectivity index (χ1v) is 9.22. The van der Waals surface area contributed by atoms with Crippen molar-refractivity contribution in [3.05, 3.63) is 59.0 Å².